The van der Waals surface area contributed by atoms with E-state index >= 15 is 4.39 Å². The molecule has 54 heavy (non-hydrogen) atoms. The molecule has 1 aliphatic rings. The van der Waals surface area contributed by atoms with Crippen molar-refractivity contribution >= 4 is 29.3 Å². The number of carbonyl (C=O) groups is 4. The fourth-order valence-electron chi connectivity index (χ4n) is 6.90. The number of alkyl halides is 1. The van der Waals surface area contributed by atoms with Crippen molar-refractivity contribution in [3.05, 3.63) is 71.3 Å². The van der Waals surface area contributed by atoms with Crippen molar-refractivity contribution in [2.24, 2.45) is 44.5 Å². The Morgan fingerprint density at radius 1 is 0.852 bits per heavy atom. The van der Waals surface area contributed by atoms with Gasteiger partial charge < -0.3 is 32.2 Å². The van der Waals surface area contributed by atoms with E-state index in [0.29, 0.717) is 32.4 Å². The first kappa shape index (κ1) is 44.2. The number of nitrogens with one attached hydrogen (secondary N) is 3. The average Bonchev–Trinajstić information content (AvgIpc) is 3.94. The van der Waals surface area contributed by atoms with E-state index in [4.69, 9.17) is 16.2 Å². The summed E-state index contributed by atoms with van der Waals surface area (Å²) in [6.45, 7) is 14.7. The Kier molecular flexibility index (Phi) is 16.3. The van der Waals surface area contributed by atoms with Crippen molar-refractivity contribution in [1.29, 1.82) is 0 Å². The number of ether oxygens (including phenoxy) is 1. The van der Waals surface area contributed by atoms with Crippen molar-refractivity contribution < 1.29 is 28.3 Å². The quantitative estimate of drug-likeness (QED) is 0.0926. The average molecular weight is 751 g/mol. The smallest absolute Gasteiger partial charge is 0.255 e. The Labute approximate surface area is 321 Å². The Bertz CT molecular complexity index is 1580. The predicted octanol–water partition coefficient (Wildman–Crippen LogP) is 5.16. The van der Waals surface area contributed by atoms with E-state index in [1.54, 1.807) is 13.8 Å². The van der Waals surface area contributed by atoms with Crippen LogP contribution in [0.5, 0.6) is 0 Å². The number of nitrogens with two attached hydrogens (primary N) is 2. The number of amides is 4. The lowest BCUT2D eigenvalue weighted by atomic mass is 9.53. The molecule has 1 heterocycles. The molecular formula is C42H63FN6O5. The number of primary amides is 1. The van der Waals surface area contributed by atoms with E-state index in [0.717, 1.165) is 23.3 Å². The highest BCUT2D eigenvalue weighted by atomic mass is 19.1. The molecule has 3 rings (SSSR count). The van der Waals surface area contributed by atoms with Crippen molar-refractivity contribution in [1.82, 2.24) is 16.0 Å². The number of hydrogen-bond donors (Lipinski definition) is 5. The second-order valence-corrected chi connectivity index (χ2v) is 16.3. The molecule has 0 saturated carbocycles. The van der Waals surface area contributed by atoms with E-state index in [1.807, 2.05) is 77.1 Å². The summed E-state index contributed by atoms with van der Waals surface area (Å²) in [7, 11) is 0. The minimum atomic E-state index is -1.89. The van der Waals surface area contributed by atoms with Gasteiger partial charge in [-0.15, -0.1) is 0 Å². The molecule has 12 heteroatoms. The zero-order valence-electron chi connectivity index (χ0n) is 33.3. The maximum Gasteiger partial charge on any atom is 0.255 e. The van der Waals surface area contributed by atoms with Crippen LogP contribution in [0.2, 0.25) is 0 Å². The van der Waals surface area contributed by atoms with Gasteiger partial charge in [0.1, 0.15) is 6.04 Å². The summed E-state index contributed by atoms with van der Waals surface area (Å²) < 4.78 is 22.1. The monoisotopic (exact) mass is 750 g/mol. The third kappa shape index (κ3) is 12.2. The number of halogens is 1. The van der Waals surface area contributed by atoms with Crippen LogP contribution in [0.25, 0.3) is 0 Å². The van der Waals surface area contributed by atoms with Gasteiger partial charge in [0.2, 0.25) is 17.7 Å². The number of hydrogen-bond acceptors (Lipinski definition) is 7. The highest BCUT2D eigenvalue weighted by Gasteiger charge is 2.53. The number of rotatable bonds is 24. The number of benzene rings is 2. The van der Waals surface area contributed by atoms with E-state index in [1.165, 1.54) is 5.56 Å². The standard InChI is InChI=1S/C42H63FN6O5/c1-28(41(4,5)37(43)39(53)47-23-13-9-12-22-46-33(51)26-44)34(42(6,7)40(2,3)21-20-32(45)50)38(52)48-24-25-54-27-29-16-18-31(19-17-29)36-35(49-36)30-14-10-8-11-15-30/h8,10-11,14-19,28,34-35,37H,9,12-13,20-27,44H2,1-7H3,(H2,45,50)(H,46,51)(H,47,53)(H,48,52). The minimum absolute atomic E-state index is 0.0645. The fourth-order valence-corrected chi connectivity index (χ4v) is 6.90. The van der Waals surface area contributed by atoms with Gasteiger partial charge in [-0.2, -0.15) is 0 Å². The minimum Gasteiger partial charge on any atom is -0.375 e. The Hall–Kier alpha value is -4.16. The molecule has 1 aliphatic heterocycles. The van der Waals surface area contributed by atoms with E-state index in [-0.39, 0.29) is 50.5 Å². The molecule has 0 radical (unpaired) electrons. The molecule has 4 atom stereocenters. The number of nitrogens with zero attached hydrogens (tertiary/aromatic N) is 1. The molecule has 4 amide bonds. The molecule has 7 N–H and O–H groups in total. The van der Waals surface area contributed by atoms with E-state index in [9.17, 15) is 19.2 Å². The van der Waals surface area contributed by atoms with Crippen LogP contribution in [0.15, 0.2) is 59.6 Å². The van der Waals surface area contributed by atoms with Gasteiger partial charge in [0, 0.05) is 37.4 Å². The van der Waals surface area contributed by atoms with Gasteiger partial charge in [-0.05, 0) is 59.1 Å². The normalized spacial score (nSPS) is 16.1. The summed E-state index contributed by atoms with van der Waals surface area (Å²) in [4.78, 5) is 54.9. The third-order valence-electron chi connectivity index (χ3n) is 11.7. The molecule has 2 aromatic rings. The summed E-state index contributed by atoms with van der Waals surface area (Å²) in [5.41, 5.74) is 12.6. The molecule has 298 valence electrons. The zero-order valence-corrected chi connectivity index (χ0v) is 33.3. The molecule has 4 unspecified atom stereocenters. The topological polar surface area (TPSA) is 178 Å². The summed E-state index contributed by atoms with van der Waals surface area (Å²) in [5, 5.41) is 8.44. The van der Waals surface area contributed by atoms with Crippen molar-refractivity contribution in [2.75, 3.05) is 32.8 Å². The fraction of sp³-hybridized carbons (Fsp3) is 0.595. The number of unbranched alkanes of at least 4 members (excludes halogenated alkanes) is 2. The zero-order chi connectivity index (χ0) is 40.1. The lowest BCUT2D eigenvalue weighted by molar-refractivity contribution is -0.146. The van der Waals surface area contributed by atoms with Crippen LogP contribution in [0, 0.1) is 28.1 Å². The molecular weight excluding hydrogens is 687 g/mol. The lowest BCUT2D eigenvalue weighted by Gasteiger charge is -2.51. The van der Waals surface area contributed by atoms with Crippen LogP contribution >= 0.6 is 0 Å². The Morgan fingerprint density at radius 3 is 2.07 bits per heavy atom. The third-order valence-corrected chi connectivity index (χ3v) is 11.7. The van der Waals surface area contributed by atoms with Gasteiger partial charge >= 0.3 is 0 Å². The number of carbonyl (C=O) groups excluding carboxylic acids is 4. The first-order chi connectivity index (χ1) is 25.4. The molecule has 0 aliphatic carbocycles. The van der Waals surface area contributed by atoms with Crippen LogP contribution in [-0.4, -0.2) is 68.3 Å². The second kappa shape index (κ2) is 20.0. The summed E-state index contributed by atoms with van der Waals surface area (Å²) >= 11 is 0. The first-order valence-corrected chi connectivity index (χ1v) is 19.2. The SMILES string of the molecule is CC(C(C(=O)NCCOCc1ccc(C2=NC2c2ccccc2)cc1)C(C)(C)C(C)(C)CCC(N)=O)C(C)(C)C(F)C(=O)NCCCCCNC(=O)CN. The Morgan fingerprint density at radius 2 is 1.46 bits per heavy atom. The molecule has 0 aromatic heterocycles. The van der Waals surface area contributed by atoms with Gasteiger partial charge in [-0.3, -0.25) is 24.2 Å². The van der Waals surface area contributed by atoms with Gasteiger partial charge in [0.25, 0.3) is 5.91 Å². The molecule has 2 aromatic carbocycles. The second-order valence-electron chi connectivity index (χ2n) is 16.3. The van der Waals surface area contributed by atoms with Crippen LogP contribution in [0.4, 0.5) is 4.39 Å². The molecule has 0 saturated heterocycles. The van der Waals surface area contributed by atoms with Crippen molar-refractivity contribution in [3.63, 3.8) is 0 Å². The van der Waals surface area contributed by atoms with Crippen molar-refractivity contribution in [2.45, 2.75) is 99.4 Å². The van der Waals surface area contributed by atoms with Crippen molar-refractivity contribution in [3.8, 4) is 0 Å². The maximum atomic E-state index is 16.1. The maximum absolute atomic E-state index is 16.1. The molecule has 11 nitrogen and oxygen atoms in total. The highest BCUT2D eigenvalue weighted by molar-refractivity contribution is 6.13. The molecule has 0 spiro atoms. The summed E-state index contributed by atoms with van der Waals surface area (Å²) in [5.74, 6) is -2.98. The highest BCUT2D eigenvalue weighted by Crippen LogP contribution is 2.53. The summed E-state index contributed by atoms with van der Waals surface area (Å²) in [6, 6.07) is 18.4. The van der Waals surface area contributed by atoms with Gasteiger partial charge in [-0.25, -0.2) is 4.39 Å². The lowest BCUT2D eigenvalue weighted by Crippen LogP contribution is -2.55. The van der Waals surface area contributed by atoms with Crippen LogP contribution < -0.4 is 27.4 Å². The van der Waals surface area contributed by atoms with Crippen LogP contribution in [0.3, 0.4) is 0 Å². The molecule has 0 fully saturated rings. The van der Waals surface area contributed by atoms with E-state index < -0.39 is 46.1 Å². The Balaban J connectivity index is 1.59. The van der Waals surface area contributed by atoms with Gasteiger partial charge in [0.15, 0.2) is 6.17 Å². The largest absolute Gasteiger partial charge is 0.375 e. The summed E-state index contributed by atoms with van der Waals surface area (Å²) in [6.07, 6.45) is 0.765. The predicted molar refractivity (Wildman–Crippen MR) is 211 cm³/mol. The van der Waals surface area contributed by atoms with Gasteiger partial charge in [-0.1, -0.05) is 103 Å². The number of aliphatic imine (C=N–C) groups is 1. The van der Waals surface area contributed by atoms with Gasteiger partial charge in [0.05, 0.1) is 25.5 Å². The molecule has 0 bridgehead atoms. The van der Waals surface area contributed by atoms with Crippen LogP contribution in [-0.2, 0) is 30.5 Å². The van der Waals surface area contributed by atoms with Crippen LogP contribution in [0.1, 0.15) is 103 Å². The van der Waals surface area contributed by atoms with E-state index in [2.05, 4.69) is 33.1 Å². The first-order valence-electron chi connectivity index (χ1n) is 19.2.